The summed E-state index contributed by atoms with van der Waals surface area (Å²) in [5.41, 5.74) is 21.2. The number of pyridine rings is 4. The summed E-state index contributed by atoms with van der Waals surface area (Å²) < 4.78 is 17.8. The summed E-state index contributed by atoms with van der Waals surface area (Å²) in [4.78, 5) is 105. The third kappa shape index (κ3) is 22.2. The number of methoxy groups -OCH3 is 3. The van der Waals surface area contributed by atoms with Crippen molar-refractivity contribution in [2.45, 2.75) is 139 Å². The van der Waals surface area contributed by atoms with Crippen LogP contribution in [0, 0.1) is 72.7 Å². The molecule has 0 saturated carbocycles. The number of ether oxygens (including phenoxy) is 3. The molecular formula is C84H84ILiN4O17Rb4-4. The maximum atomic E-state index is 13.5. The summed E-state index contributed by atoms with van der Waals surface area (Å²) in [6.45, 7) is 22.3. The maximum Gasteiger partial charge on any atom is 1.00 e. The molecule has 4 aliphatic rings. The van der Waals surface area contributed by atoms with E-state index in [0.717, 1.165) is 125 Å². The number of hydrogen-bond donors (Lipinski definition) is 4. The molecule has 0 saturated heterocycles. The monoisotopic (exact) mass is 1890 g/mol. The number of esters is 3. The minimum Gasteiger partial charge on any atom is -1.00 e. The van der Waals surface area contributed by atoms with Gasteiger partial charge in [-0.1, -0.05) is 142 Å². The molecule has 6 aromatic carbocycles. The molecule has 4 aliphatic carbocycles. The number of aromatic carboxylic acids is 1. The van der Waals surface area contributed by atoms with Crippen LogP contribution in [-0.2, 0) is 53.0 Å². The van der Waals surface area contributed by atoms with Crippen LogP contribution >= 0.6 is 0 Å². The Kier molecular flexibility index (Phi) is 44.0. The molecule has 0 spiro atoms. The molecule has 0 fully saturated rings. The normalized spacial score (nSPS) is 14.0. The van der Waals surface area contributed by atoms with Crippen LogP contribution in [0.1, 0.15) is 187 Å². The van der Waals surface area contributed by atoms with Crippen molar-refractivity contribution in [3.05, 3.63) is 292 Å². The zero-order valence-corrected chi connectivity index (χ0v) is 88.2. The van der Waals surface area contributed by atoms with E-state index in [9.17, 15) is 48.6 Å². The van der Waals surface area contributed by atoms with E-state index in [4.69, 9.17) is 14.2 Å². The minimum atomic E-state index is -1.17. The van der Waals surface area contributed by atoms with Crippen molar-refractivity contribution >= 4 is 23.9 Å². The van der Waals surface area contributed by atoms with E-state index in [1.165, 1.54) is 32.5 Å². The second kappa shape index (κ2) is 45.9. The topological polar surface area (TPSA) is 366 Å². The first-order valence-corrected chi connectivity index (χ1v) is 33.6. The Hall–Kier alpha value is -2.81. The molecule has 4 aromatic heterocycles. The van der Waals surface area contributed by atoms with Gasteiger partial charge in [0, 0.05) is 28.3 Å². The Balaban J connectivity index is 0.000000725. The minimum absolute atomic E-state index is 0. The average molecular weight is 1900 g/mol. The van der Waals surface area contributed by atoms with E-state index < -0.39 is 40.6 Å². The van der Waals surface area contributed by atoms with Crippen molar-refractivity contribution in [3.8, 4) is 50.8 Å². The number of aryl methyl sites for hydroxylation is 4. The fraction of sp³-hybridized carbons (Fsp3) is 0.286. The first-order chi connectivity index (χ1) is 48.2. The second-order valence-electron chi connectivity index (χ2n) is 26.9. The van der Waals surface area contributed by atoms with Gasteiger partial charge in [0.25, 0.3) is 22.2 Å². The Morgan fingerprint density at radius 1 is 0.441 bits per heavy atom. The van der Waals surface area contributed by atoms with Gasteiger partial charge in [-0.05, 0) is 89.0 Å². The zero-order valence-electron chi connectivity index (χ0n) is 66.4. The summed E-state index contributed by atoms with van der Waals surface area (Å²) in [6, 6.07) is 48.4. The number of carbonyl (C=O) groups is 4. The van der Waals surface area contributed by atoms with Crippen molar-refractivity contribution in [1.82, 2.24) is 19.1 Å². The number of aromatic hydroxyl groups is 1. The third-order valence-electron chi connectivity index (χ3n) is 19.9. The smallest absolute Gasteiger partial charge is 1.00 e. The first kappa shape index (κ1) is 106. The number of carbonyl (C=O) groups excluding carboxylic acids is 3. The quantitative estimate of drug-likeness (QED) is 0.0365. The SMILES string of the molecule is COC(=O)c1c(C)c2c([nH]c1=O)-c1cc(C)[c-]cc1CC2C.COC(=O)c1c(C)c2c(n(Cc3ccccc3)c1=O)-c1cc(C)[c-]cc1CC2C.COC(=O)c1c(O)c2c(n(Cc3ccccc3)c1=O)-c1cc(C)[c-]cc1CC2C.Cc1[c-]cc2c(c1)-c1[nH]c(=O)c(C(=O)O)c(C)c1C(C)C2.[I-].[Li+].[OH-].[OH-].[OH-].[OH-].[Rb+].[Rb+].[Rb+].[Rb+]. The molecule has 21 nitrogen and oxygen atoms in total. The number of aromatic nitrogens is 4. The van der Waals surface area contributed by atoms with E-state index in [2.05, 4.69) is 61.1 Å². The van der Waals surface area contributed by atoms with Gasteiger partial charge in [0.15, 0.2) is 5.56 Å². The number of carboxylic acid groups (broad SMARTS) is 1. The molecule has 27 heteroatoms. The van der Waals surface area contributed by atoms with Crippen LogP contribution in [0.5, 0.6) is 5.75 Å². The molecule has 111 heavy (non-hydrogen) atoms. The Labute approximate surface area is 870 Å². The number of carboxylic acids is 1. The van der Waals surface area contributed by atoms with Crippen LogP contribution in [-0.4, -0.2) is 96.4 Å². The maximum absolute atomic E-state index is 13.5. The molecule has 0 bridgehead atoms. The van der Waals surface area contributed by atoms with Crippen molar-refractivity contribution in [1.29, 1.82) is 0 Å². The van der Waals surface area contributed by atoms with Gasteiger partial charge in [0.2, 0.25) is 0 Å². The van der Waals surface area contributed by atoms with Crippen LogP contribution in [0.25, 0.3) is 45.0 Å². The number of rotatable bonds is 8. The van der Waals surface area contributed by atoms with Gasteiger partial charge in [-0.25, -0.2) is 19.2 Å². The van der Waals surface area contributed by atoms with Crippen LogP contribution in [0.15, 0.2) is 128 Å². The Morgan fingerprint density at radius 2 is 0.730 bits per heavy atom. The number of nitrogens with zero attached hydrogens (tertiary/aromatic N) is 2. The van der Waals surface area contributed by atoms with Gasteiger partial charge in [-0.2, -0.15) is 95.1 Å². The van der Waals surface area contributed by atoms with Crippen LogP contribution in [0.2, 0.25) is 0 Å². The average Bonchev–Trinajstić information content (AvgIpc) is 0.741. The predicted molar refractivity (Wildman–Crippen MR) is 396 cm³/mol. The van der Waals surface area contributed by atoms with Crippen molar-refractivity contribution in [2.75, 3.05) is 21.3 Å². The zero-order chi connectivity index (χ0) is 72.7. The summed E-state index contributed by atoms with van der Waals surface area (Å²) in [5, 5.41) is 20.2. The van der Waals surface area contributed by atoms with Crippen molar-refractivity contribution in [2.24, 2.45) is 0 Å². The molecule has 14 rings (SSSR count). The Bertz CT molecular complexity index is 5130. The molecule has 4 unspecified atom stereocenters. The van der Waals surface area contributed by atoms with E-state index >= 15 is 0 Å². The summed E-state index contributed by atoms with van der Waals surface area (Å²) in [5.74, 6) is -2.94. The predicted octanol–water partition coefficient (Wildman–Crippen LogP) is -4.71. The van der Waals surface area contributed by atoms with E-state index in [1.807, 2.05) is 152 Å². The number of aromatic amines is 2. The van der Waals surface area contributed by atoms with Gasteiger partial charge < -0.3 is 89.4 Å². The standard InChI is InChI=1S/C25H24NO3.C24H22NO4.C18H18NO3.C17H16NO3.HI.Li.4H2O.4Rb/c1-15-10-11-19-13-16(2)21-17(3)22(25(28)29-4)24(27)26(23(21)20(19)12-15)14-18-8-6-5-7-9-18;1-14-9-10-17-12-15(2)19-21(18(17)11-14)25(13-16-7-5-4-6-8-16)23(27)20(22(19)26)24(28)29-3;1-9-5-6-12-8-10(2)14-11(3)15(18(21)22-4)17(20)19-16(14)13(12)7-9;1-8-4-5-11-7-9(2)13-10(3)14(17(20)21)16(19)18-15(13)12(11)6-8;;;;;;;;;;/h5-9,11-12,16H,13-14H2,1-4H3;4-8,10-11,15,26H,12-13H2,1-3H3;6-7,10H,8H2,1-4H3,(H,19,20);5-6,9H,7H2,1-3H3,(H,18,19)(H,20,21);1H;;4*1H2;;;;/q4*-1;;+1;;;;;4*+1/p-5. The van der Waals surface area contributed by atoms with E-state index in [0.29, 0.717) is 35.3 Å². The number of hydrogen-bond acceptors (Lipinski definition) is 16. The van der Waals surface area contributed by atoms with Crippen LogP contribution in [0.4, 0.5) is 0 Å². The molecule has 0 aliphatic heterocycles. The summed E-state index contributed by atoms with van der Waals surface area (Å²) in [7, 11) is 3.82. The molecule has 10 aromatic rings. The van der Waals surface area contributed by atoms with Gasteiger partial charge >= 0.3 is 275 Å². The number of fused-ring (bicyclic) bond motifs is 12. The van der Waals surface area contributed by atoms with Crippen molar-refractivity contribution in [3.63, 3.8) is 0 Å². The number of benzene rings is 6. The second-order valence-corrected chi connectivity index (χ2v) is 26.9. The van der Waals surface area contributed by atoms with Gasteiger partial charge in [0.05, 0.1) is 34.4 Å². The molecular weight excluding hydrogens is 1810 g/mol. The van der Waals surface area contributed by atoms with Gasteiger partial charge in [-0.15, -0.1) is 44.5 Å². The molecule has 0 amide bonds. The fourth-order valence-electron chi connectivity index (χ4n) is 15.3. The number of H-pyrrole nitrogens is 2. The Morgan fingerprint density at radius 3 is 1.10 bits per heavy atom. The van der Waals surface area contributed by atoms with Gasteiger partial charge in [0.1, 0.15) is 22.4 Å². The molecule has 8 N–H and O–H groups in total. The molecule has 558 valence electrons. The molecule has 4 heterocycles. The van der Waals surface area contributed by atoms with Crippen LogP contribution in [0.3, 0.4) is 0 Å². The fourth-order valence-corrected chi connectivity index (χ4v) is 15.3. The third-order valence-corrected chi connectivity index (χ3v) is 19.9. The summed E-state index contributed by atoms with van der Waals surface area (Å²) >= 11 is 0. The molecule has 0 radical (unpaired) electrons. The van der Waals surface area contributed by atoms with Crippen molar-refractivity contribution < 1.29 is 341 Å². The first-order valence-electron chi connectivity index (χ1n) is 33.6. The number of nitrogens with one attached hydrogen (secondary N) is 2. The largest absolute Gasteiger partial charge is 1.00 e. The molecule has 4 atom stereocenters. The van der Waals surface area contributed by atoms with Crippen LogP contribution < -0.4 is 298 Å². The summed E-state index contributed by atoms with van der Waals surface area (Å²) in [6.07, 6.45) is 3.23. The van der Waals surface area contributed by atoms with E-state index in [-0.39, 0.29) is 361 Å². The number of halogens is 1. The van der Waals surface area contributed by atoms with Gasteiger partial charge in [-0.3, -0.25) is 19.2 Å². The van der Waals surface area contributed by atoms with E-state index in [1.54, 1.807) is 16.1 Å².